The van der Waals surface area contributed by atoms with Gasteiger partial charge >= 0.3 is 0 Å². The Balaban J connectivity index is 1.26. The monoisotopic (exact) mass is 665 g/mol. The van der Waals surface area contributed by atoms with Gasteiger partial charge in [-0.3, -0.25) is 0 Å². The van der Waals surface area contributed by atoms with Crippen LogP contribution >= 0.6 is 0 Å². The van der Waals surface area contributed by atoms with E-state index in [0.717, 1.165) is 17.1 Å². The van der Waals surface area contributed by atoms with Crippen molar-refractivity contribution < 1.29 is 0 Å². The highest BCUT2D eigenvalue weighted by Gasteiger charge is 2.39. The molecule has 0 amide bonds. The molecule has 0 saturated heterocycles. The van der Waals surface area contributed by atoms with Crippen LogP contribution in [-0.4, -0.2) is 0 Å². The first kappa shape index (κ1) is 31.5. The molecule has 1 heteroatoms. The summed E-state index contributed by atoms with van der Waals surface area (Å²) >= 11 is 0. The van der Waals surface area contributed by atoms with Gasteiger partial charge in [-0.2, -0.15) is 0 Å². The molecule has 0 N–H and O–H groups in total. The predicted octanol–water partition coefficient (Wildman–Crippen LogP) is 14.1. The highest BCUT2D eigenvalue weighted by molar-refractivity contribution is 5.98. The normalized spacial score (nSPS) is 12.6. The van der Waals surface area contributed by atoms with E-state index in [-0.39, 0.29) is 5.41 Å². The smallest absolute Gasteiger partial charge is 0.0543 e. The Morgan fingerprint density at radius 3 is 1.23 bits per heavy atom. The maximum absolute atomic E-state index is 2.45. The van der Waals surface area contributed by atoms with Crippen molar-refractivity contribution in [3.8, 4) is 55.6 Å². The summed E-state index contributed by atoms with van der Waals surface area (Å²) in [5.74, 6) is 0. The van der Waals surface area contributed by atoms with Crippen LogP contribution in [0.1, 0.15) is 25.0 Å². The van der Waals surface area contributed by atoms with Crippen LogP contribution in [0.2, 0.25) is 0 Å². The van der Waals surface area contributed by atoms with Gasteiger partial charge in [0.05, 0.1) is 5.69 Å². The molecule has 0 saturated carbocycles. The molecule has 248 valence electrons. The van der Waals surface area contributed by atoms with E-state index < -0.39 is 0 Å². The van der Waals surface area contributed by atoms with E-state index in [9.17, 15) is 0 Å². The van der Waals surface area contributed by atoms with E-state index >= 15 is 0 Å². The average molecular weight is 666 g/mol. The van der Waals surface area contributed by atoms with E-state index in [2.05, 4.69) is 219 Å². The van der Waals surface area contributed by atoms with Gasteiger partial charge < -0.3 is 4.90 Å². The fourth-order valence-corrected chi connectivity index (χ4v) is 8.10. The number of anilines is 3. The van der Waals surface area contributed by atoms with Crippen molar-refractivity contribution in [3.05, 3.63) is 211 Å². The van der Waals surface area contributed by atoms with Gasteiger partial charge in [0.15, 0.2) is 0 Å². The Morgan fingerprint density at radius 1 is 0.346 bits per heavy atom. The van der Waals surface area contributed by atoms with Crippen LogP contribution in [0, 0.1) is 0 Å². The minimum absolute atomic E-state index is 0.221. The van der Waals surface area contributed by atoms with Gasteiger partial charge in [-0.25, -0.2) is 0 Å². The van der Waals surface area contributed by atoms with Gasteiger partial charge in [0.2, 0.25) is 0 Å². The summed E-state index contributed by atoms with van der Waals surface area (Å²) in [6, 6.07) is 72.7. The van der Waals surface area contributed by atoms with Gasteiger partial charge in [-0.15, -0.1) is 0 Å². The fraction of sp³-hybridized carbons (Fsp3) is 0.0588. The molecule has 1 aliphatic rings. The van der Waals surface area contributed by atoms with E-state index in [1.807, 2.05) is 0 Å². The van der Waals surface area contributed by atoms with E-state index in [0.29, 0.717) is 0 Å². The average Bonchev–Trinajstić information content (AvgIpc) is 3.45. The van der Waals surface area contributed by atoms with Crippen molar-refractivity contribution in [2.75, 3.05) is 4.90 Å². The van der Waals surface area contributed by atoms with Crippen LogP contribution in [-0.2, 0) is 5.41 Å². The minimum atomic E-state index is -0.221. The first-order valence-corrected chi connectivity index (χ1v) is 18.1. The highest BCUT2D eigenvalue weighted by atomic mass is 15.1. The lowest BCUT2D eigenvalue weighted by Gasteiger charge is -2.32. The summed E-state index contributed by atoms with van der Waals surface area (Å²) in [5, 5.41) is 0. The zero-order valence-corrected chi connectivity index (χ0v) is 29.5. The molecule has 0 spiro atoms. The maximum atomic E-state index is 2.45. The molecule has 8 aromatic carbocycles. The van der Waals surface area contributed by atoms with Crippen LogP contribution in [0.4, 0.5) is 17.1 Å². The molecule has 1 aliphatic carbocycles. The molecule has 0 bridgehead atoms. The fourth-order valence-electron chi connectivity index (χ4n) is 8.10. The highest BCUT2D eigenvalue weighted by Crippen LogP contribution is 2.56. The molecule has 0 heterocycles. The Hall–Kier alpha value is -6.44. The van der Waals surface area contributed by atoms with Crippen LogP contribution in [0.25, 0.3) is 55.6 Å². The second-order valence-corrected chi connectivity index (χ2v) is 14.2. The van der Waals surface area contributed by atoms with Gasteiger partial charge in [0, 0.05) is 22.4 Å². The molecule has 0 radical (unpaired) electrons. The van der Waals surface area contributed by atoms with Crippen molar-refractivity contribution >= 4 is 17.1 Å². The van der Waals surface area contributed by atoms with Crippen molar-refractivity contribution in [1.82, 2.24) is 0 Å². The molecule has 1 nitrogen and oxygen atoms in total. The van der Waals surface area contributed by atoms with Crippen molar-refractivity contribution in [3.63, 3.8) is 0 Å². The lowest BCUT2D eigenvalue weighted by Crippen LogP contribution is -2.19. The zero-order chi connectivity index (χ0) is 35.1. The Morgan fingerprint density at radius 2 is 0.750 bits per heavy atom. The summed E-state index contributed by atoms with van der Waals surface area (Å²) in [5.41, 5.74) is 18.3. The zero-order valence-electron chi connectivity index (χ0n) is 29.5. The van der Waals surface area contributed by atoms with Crippen molar-refractivity contribution in [2.45, 2.75) is 19.3 Å². The maximum Gasteiger partial charge on any atom is 0.0543 e. The number of rotatable bonds is 7. The van der Waals surface area contributed by atoms with Crippen LogP contribution in [0.5, 0.6) is 0 Å². The Kier molecular flexibility index (Phi) is 7.90. The van der Waals surface area contributed by atoms with Crippen LogP contribution in [0.15, 0.2) is 200 Å². The quantitative estimate of drug-likeness (QED) is 0.164. The van der Waals surface area contributed by atoms with E-state index in [4.69, 9.17) is 0 Å². The van der Waals surface area contributed by atoms with Crippen LogP contribution < -0.4 is 4.90 Å². The van der Waals surface area contributed by atoms with Crippen molar-refractivity contribution in [1.29, 1.82) is 0 Å². The van der Waals surface area contributed by atoms with E-state index in [1.165, 1.54) is 66.8 Å². The van der Waals surface area contributed by atoms with Gasteiger partial charge in [-0.05, 0) is 97.6 Å². The summed E-state index contributed by atoms with van der Waals surface area (Å²) in [4.78, 5) is 2.45. The molecule has 8 aromatic rings. The second-order valence-electron chi connectivity index (χ2n) is 14.2. The third kappa shape index (κ3) is 5.52. The first-order valence-electron chi connectivity index (χ1n) is 18.1. The Labute approximate surface area is 307 Å². The molecule has 9 rings (SSSR count). The lowest BCUT2D eigenvalue weighted by atomic mass is 9.78. The summed E-state index contributed by atoms with van der Waals surface area (Å²) in [7, 11) is 0. The Bertz CT molecular complexity index is 2400. The molecular weight excluding hydrogens is 627 g/mol. The molecule has 0 unspecified atom stereocenters. The predicted molar refractivity (Wildman–Crippen MR) is 220 cm³/mol. The standard InChI is InChI=1S/C51H39N/c1-51(2)47-33-27-42(38-19-11-5-12-20-38)35-46(47)45-32-34-48(49(50(45)51)41-21-13-6-14-22-41)52(43-28-23-39(24-29-43)36-15-7-3-8-16-36)44-30-25-40(26-31-44)37-17-9-4-10-18-37/h3-35H,1-2H3. The first-order chi connectivity index (χ1) is 25.6. The van der Waals surface area contributed by atoms with Crippen molar-refractivity contribution in [2.24, 2.45) is 0 Å². The lowest BCUT2D eigenvalue weighted by molar-refractivity contribution is 0.662. The number of benzene rings is 8. The SMILES string of the molecule is CC1(C)c2ccc(-c3ccccc3)cc2-c2ccc(N(c3ccc(-c4ccccc4)cc3)c3ccc(-c4ccccc4)cc3)c(-c3ccccc3)c21. The number of hydrogen-bond acceptors (Lipinski definition) is 1. The molecule has 0 aromatic heterocycles. The van der Waals surface area contributed by atoms with Gasteiger partial charge in [0.25, 0.3) is 0 Å². The van der Waals surface area contributed by atoms with E-state index in [1.54, 1.807) is 0 Å². The summed E-state index contributed by atoms with van der Waals surface area (Å²) < 4.78 is 0. The minimum Gasteiger partial charge on any atom is -0.310 e. The molecule has 0 aliphatic heterocycles. The molecule has 52 heavy (non-hydrogen) atoms. The molecule has 0 atom stereocenters. The second kappa shape index (κ2) is 13.0. The number of fused-ring (bicyclic) bond motifs is 3. The third-order valence-electron chi connectivity index (χ3n) is 10.7. The van der Waals surface area contributed by atoms with Crippen LogP contribution in [0.3, 0.4) is 0 Å². The van der Waals surface area contributed by atoms with Gasteiger partial charge in [0.1, 0.15) is 0 Å². The molecular formula is C51H39N. The number of nitrogens with zero attached hydrogens (tertiary/aromatic N) is 1. The number of hydrogen-bond donors (Lipinski definition) is 0. The topological polar surface area (TPSA) is 3.24 Å². The third-order valence-corrected chi connectivity index (χ3v) is 10.7. The van der Waals surface area contributed by atoms with Gasteiger partial charge in [-0.1, -0.05) is 178 Å². The molecule has 0 fully saturated rings. The summed E-state index contributed by atoms with van der Waals surface area (Å²) in [6.07, 6.45) is 0. The largest absolute Gasteiger partial charge is 0.310 e. The summed E-state index contributed by atoms with van der Waals surface area (Å²) in [6.45, 7) is 4.79.